The van der Waals surface area contributed by atoms with Gasteiger partial charge in [0.1, 0.15) is 13.6 Å². The molecule has 1 fully saturated rings. The third-order valence-electron chi connectivity index (χ3n) is 2.01. The lowest BCUT2D eigenvalue weighted by Crippen LogP contribution is -2.35. The summed E-state index contributed by atoms with van der Waals surface area (Å²) in [6, 6.07) is 0. The summed E-state index contributed by atoms with van der Waals surface area (Å²) in [4.78, 5) is 0. The van der Waals surface area contributed by atoms with Crippen LogP contribution < -0.4 is 0 Å². The Morgan fingerprint density at radius 2 is 2.00 bits per heavy atom. The molecular formula is C8H15O4. The molecular weight excluding hydrogens is 160 g/mol. The van der Waals surface area contributed by atoms with Gasteiger partial charge in [0, 0.05) is 0 Å². The van der Waals surface area contributed by atoms with Gasteiger partial charge in [0.25, 0.3) is 0 Å². The van der Waals surface area contributed by atoms with Gasteiger partial charge >= 0.3 is 0 Å². The first-order valence-corrected chi connectivity index (χ1v) is 4.16. The average molecular weight is 175 g/mol. The van der Waals surface area contributed by atoms with E-state index in [1.807, 2.05) is 6.42 Å². The Bertz CT molecular complexity index is 99.6. The predicted octanol–water partition coefficient (Wildman–Crippen LogP) is 0.0446. The van der Waals surface area contributed by atoms with E-state index >= 15 is 0 Å². The summed E-state index contributed by atoms with van der Waals surface area (Å²) in [5.41, 5.74) is 0. The molecule has 0 aliphatic heterocycles. The molecule has 1 radical (unpaired) electrons. The van der Waals surface area contributed by atoms with Crippen molar-refractivity contribution < 1.29 is 19.7 Å². The first kappa shape index (κ1) is 9.92. The van der Waals surface area contributed by atoms with Crippen LogP contribution in [0, 0.1) is 6.42 Å². The van der Waals surface area contributed by atoms with E-state index < -0.39 is 0 Å². The van der Waals surface area contributed by atoms with Crippen molar-refractivity contribution in [3.8, 4) is 0 Å². The Kier molecular flexibility index (Phi) is 4.53. The van der Waals surface area contributed by atoms with Gasteiger partial charge in [-0.05, 0) is 19.3 Å². The second-order valence-electron chi connectivity index (χ2n) is 2.76. The van der Waals surface area contributed by atoms with Crippen LogP contribution in [0.25, 0.3) is 0 Å². The fourth-order valence-corrected chi connectivity index (χ4v) is 1.45. The van der Waals surface area contributed by atoms with Gasteiger partial charge < -0.3 is 19.7 Å². The van der Waals surface area contributed by atoms with Crippen molar-refractivity contribution in [2.45, 2.75) is 31.5 Å². The number of hydrogen-bond donors (Lipinski definition) is 2. The highest BCUT2D eigenvalue weighted by atomic mass is 16.6. The Labute approximate surface area is 72.1 Å². The number of ether oxygens (including phenoxy) is 2. The van der Waals surface area contributed by atoms with Crippen LogP contribution >= 0.6 is 0 Å². The van der Waals surface area contributed by atoms with E-state index in [1.165, 1.54) is 0 Å². The smallest absolute Gasteiger partial charge is 0.144 e. The molecule has 12 heavy (non-hydrogen) atoms. The van der Waals surface area contributed by atoms with Gasteiger partial charge in [-0.2, -0.15) is 0 Å². The second-order valence-corrected chi connectivity index (χ2v) is 2.76. The van der Waals surface area contributed by atoms with E-state index in [-0.39, 0.29) is 25.8 Å². The fourth-order valence-electron chi connectivity index (χ4n) is 1.45. The number of hydrogen-bond acceptors (Lipinski definition) is 4. The predicted molar refractivity (Wildman–Crippen MR) is 42.1 cm³/mol. The lowest BCUT2D eigenvalue weighted by atomic mass is 9.95. The third kappa shape index (κ3) is 2.71. The second kappa shape index (κ2) is 5.48. The van der Waals surface area contributed by atoms with Crippen LogP contribution in [0.4, 0.5) is 0 Å². The summed E-state index contributed by atoms with van der Waals surface area (Å²) in [7, 11) is 0. The minimum Gasteiger partial charge on any atom is -0.371 e. The monoisotopic (exact) mass is 175 g/mol. The lowest BCUT2D eigenvalue weighted by molar-refractivity contribution is -0.142. The molecule has 2 unspecified atom stereocenters. The molecule has 2 atom stereocenters. The third-order valence-corrected chi connectivity index (χ3v) is 2.01. The molecule has 1 aliphatic carbocycles. The molecule has 1 saturated carbocycles. The highest BCUT2D eigenvalue weighted by molar-refractivity contribution is 4.89. The summed E-state index contributed by atoms with van der Waals surface area (Å²) in [6.07, 6.45) is 4.61. The van der Waals surface area contributed by atoms with Gasteiger partial charge in [-0.25, -0.2) is 0 Å². The SMILES string of the molecule is OCOC1[CH]CCCC1OCO. The quantitative estimate of drug-likeness (QED) is 0.592. The topological polar surface area (TPSA) is 58.9 Å². The lowest BCUT2D eigenvalue weighted by Gasteiger charge is -2.29. The Morgan fingerprint density at radius 1 is 1.25 bits per heavy atom. The Hall–Kier alpha value is -0.160. The standard InChI is InChI=1S/C8H15O4/c9-5-11-7-3-1-2-4-8(7)12-6-10/h3,7-10H,1-2,4-6H2. The van der Waals surface area contributed by atoms with E-state index in [0.29, 0.717) is 0 Å². The molecule has 0 heterocycles. The molecule has 1 aliphatic rings. The van der Waals surface area contributed by atoms with Crippen LogP contribution in [-0.2, 0) is 9.47 Å². The van der Waals surface area contributed by atoms with Gasteiger partial charge in [-0.15, -0.1) is 0 Å². The molecule has 0 aromatic heterocycles. The zero-order valence-corrected chi connectivity index (χ0v) is 6.98. The van der Waals surface area contributed by atoms with E-state index in [9.17, 15) is 0 Å². The maximum Gasteiger partial charge on any atom is 0.144 e. The van der Waals surface area contributed by atoms with Crippen LogP contribution in [0.3, 0.4) is 0 Å². The molecule has 2 N–H and O–H groups in total. The highest BCUT2D eigenvalue weighted by Gasteiger charge is 2.26. The highest BCUT2D eigenvalue weighted by Crippen LogP contribution is 2.22. The molecule has 0 aromatic rings. The van der Waals surface area contributed by atoms with Crippen molar-refractivity contribution in [3.05, 3.63) is 6.42 Å². The normalized spacial score (nSPS) is 30.5. The molecule has 0 bridgehead atoms. The van der Waals surface area contributed by atoms with Gasteiger partial charge in [0.2, 0.25) is 0 Å². The van der Waals surface area contributed by atoms with Gasteiger partial charge in [0.05, 0.1) is 12.2 Å². The summed E-state index contributed by atoms with van der Waals surface area (Å²) in [6.45, 7) is -0.587. The molecule has 0 aromatic carbocycles. The van der Waals surface area contributed by atoms with Gasteiger partial charge in [0.15, 0.2) is 0 Å². The van der Waals surface area contributed by atoms with Crippen molar-refractivity contribution in [3.63, 3.8) is 0 Å². The zero-order valence-electron chi connectivity index (χ0n) is 6.98. The van der Waals surface area contributed by atoms with Crippen LogP contribution in [0.15, 0.2) is 0 Å². The number of aliphatic hydroxyl groups is 2. The van der Waals surface area contributed by atoms with Crippen LogP contribution in [-0.4, -0.2) is 36.0 Å². The zero-order chi connectivity index (χ0) is 8.81. The molecule has 0 saturated heterocycles. The van der Waals surface area contributed by atoms with Crippen molar-refractivity contribution in [1.29, 1.82) is 0 Å². The number of rotatable bonds is 4. The van der Waals surface area contributed by atoms with Gasteiger partial charge in [-0.1, -0.05) is 6.42 Å². The first-order valence-electron chi connectivity index (χ1n) is 4.16. The Morgan fingerprint density at radius 3 is 2.67 bits per heavy atom. The van der Waals surface area contributed by atoms with Crippen molar-refractivity contribution in [2.75, 3.05) is 13.6 Å². The van der Waals surface area contributed by atoms with Crippen molar-refractivity contribution in [1.82, 2.24) is 0 Å². The fraction of sp³-hybridized carbons (Fsp3) is 0.875. The summed E-state index contributed by atoms with van der Waals surface area (Å²) >= 11 is 0. The van der Waals surface area contributed by atoms with Crippen molar-refractivity contribution in [2.24, 2.45) is 0 Å². The number of aliphatic hydroxyl groups excluding tert-OH is 2. The average Bonchev–Trinajstić information content (AvgIpc) is 2.09. The van der Waals surface area contributed by atoms with Crippen LogP contribution in [0.2, 0.25) is 0 Å². The molecule has 4 heteroatoms. The summed E-state index contributed by atoms with van der Waals surface area (Å²) in [5, 5.41) is 17.1. The summed E-state index contributed by atoms with van der Waals surface area (Å²) in [5.74, 6) is 0. The maximum absolute atomic E-state index is 8.55. The maximum atomic E-state index is 8.55. The van der Waals surface area contributed by atoms with Crippen LogP contribution in [0.5, 0.6) is 0 Å². The van der Waals surface area contributed by atoms with Gasteiger partial charge in [-0.3, -0.25) is 0 Å². The minimum absolute atomic E-state index is 0.101. The molecule has 4 nitrogen and oxygen atoms in total. The minimum atomic E-state index is -0.299. The Balaban J connectivity index is 2.31. The molecule has 71 valence electrons. The first-order chi connectivity index (χ1) is 5.88. The van der Waals surface area contributed by atoms with Crippen molar-refractivity contribution >= 4 is 0 Å². The molecule has 0 amide bonds. The van der Waals surface area contributed by atoms with E-state index in [4.69, 9.17) is 19.7 Å². The van der Waals surface area contributed by atoms with Crippen LogP contribution in [0.1, 0.15) is 19.3 Å². The van der Waals surface area contributed by atoms with E-state index in [1.54, 1.807) is 0 Å². The molecule has 0 spiro atoms. The van der Waals surface area contributed by atoms with E-state index in [2.05, 4.69) is 0 Å². The summed E-state index contributed by atoms with van der Waals surface area (Å²) < 4.78 is 10.0. The largest absolute Gasteiger partial charge is 0.371 e. The van der Waals surface area contributed by atoms with E-state index in [0.717, 1.165) is 19.3 Å². The molecule has 1 rings (SSSR count).